The number of imide groups is 1. The number of rotatable bonds is 1. The average Bonchev–Trinajstić information content (AvgIpc) is 3.21. The van der Waals surface area contributed by atoms with Gasteiger partial charge in [0, 0.05) is 12.1 Å². The Kier molecular flexibility index (Phi) is 2.45. The molecular weight excluding hydrogens is 292 g/mol. The summed E-state index contributed by atoms with van der Waals surface area (Å²) in [5, 5.41) is 2.83. The molecule has 1 aromatic carbocycles. The summed E-state index contributed by atoms with van der Waals surface area (Å²) in [4.78, 5) is 38.5. The van der Waals surface area contributed by atoms with E-state index in [0.717, 1.165) is 17.7 Å². The minimum Gasteiger partial charge on any atom is -0.326 e. The predicted octanol–water partition coefficient (Wildman–Crippen LogP) is 1.88. The van der Waals surface area contributed by atoms with Gasteiger partial charge in [0.25, 0.3) is 0 Å². The molecule has 1 saturated heterocycles. The summed E-state index contributed by atoms with van der Waals surface area (Å²) in [6.45, 7) is 0. The lowest BCUT2D eigenvalue weighted by atomic mass is 9.85. The Morgan fingerprint density at radius 1 is 0.957 bits per heavy atom. The van der Waals surface area contributed by atoms with Crippen molar-refractivity contribution in [2.45, 2.75) is 19.3 Å². The summed E-state index contributed by atoms with van der Waals surface area (Å²) >= 11 is 0. The first kappa shape index (κ1) is 13.0. The summed E-state index contributed by atoms with van der Waals surface area (Å²) < 4.78 is 0. The van der Waals surface area contributed by atoms with E-state index in [4.69, 9.17) is 0 Å². The molecule has 3 amide bonds. The molecule has 1 saturated carbocycles. The zero-order chi connectivity index (χ0) is 15.7. The number of nitrogens with one attached hydrogen (secondary N) is 1. The Hall–Kier alpha value is -2.43. The molecule has 1 N–H and O–H groups in total. The van der Waals surface area contributed by atoms with Gasteiger partial charge in [-0.25, -0.2) is 4.90 Å². The van der Waals surface area contributed by atoms with Crippen molar-refractivity contribution in [1.29, 1.82) is 0 Å². The number of aryl methyl sites for hydroxylation is 1. The molecule has 5 nitrogen and oxygen atoms in total. The molecule has 2 aliphatic heterocycles. The molecule has 5 rings (SSSR count). The van der Waals surface area contributed by atoms with E-state index < -0.39 is 0 Å². The van der Waals surface area contributed by atoms with E-state index >= 15 is 0 Å². The van der Waals surface area contributed by atoms with Gasteiger partial charge in [-0.05, 0) is 42.4 Å². The summed E-state index contributed by atoms with van der Waals surface area (Å²) in [6.07, 6.45) is 6.29. The van der Waals surface area contributed by atoms with Gasteiger partial charge in [-0.2, -0.15) is 0 Å². The Morgan fingerprint density at radius 2 is 1.65 bits per heavy atom. The third-order valence-corrected chi connectivity index (χ3v) is 5.72. The fourth-order valence-electron chi connectivity index (χ4n) is 4.66. The predicted molar refractivity (Wildman–Crippen MR) is 83.6 cm³/mol. The van der Waals surface area contributed by atoms with Gasteiger partial charge in [-0.15, -0.1) is 0 Å². The third-order valence-electron chi connectivity index (χ3n) is 5.72. The first-order chi connectivity index (χ1) is 11.1. The van der Waals surface area contributed by atoms with Crippen LogP contribution in [0.15, 0.2) is 30.4 Å². The molecule has 4 aliphatic rings. The number of amides is 3. The maximum absolute atomic E-state index is 12.8. The molecule has 0 unspecified atom stereocenters. The molecule has 116 valence electrons. The minimum absolute atomic E-state index is 0.0205. The van der Waals surface area contributed by atoms with Crippen molar-refractivity contribution in [1.82, 2.24) is 0 Å². The van der Waals surface area contributed by atoms with E-state index in [1.807, 2.05) is 12.1 Å². The molecule has 2 aliphatic carbocycles. The van der Waals surface area contributed by atoms with Crippen molar-refractivity contribution in [3.05, 3.63) is 35.9 Å². The van der Waals surface area contributed by atoms with Gasteiger partial charge in [0.2, 0.25) is 17.7 Å². The van der Waals surface area contributed by atoms with Gasteiger partial charge in [0.15, 0.2) is 0 Å². The van der Waals surface area contributed by atoms with Gasteiger partial charge < -0.3 is 5.32 Å². The highest BCUT2D eigenvalue weighted by molar-refractivity contribution is 6.23. The summed E-state index contributed by atoms with van der Waals surface area (Å²) in [6, 6.07) is 5.49. The van der Waals surface area contributed by atoms with E-state index in [1.165, 1.54) is 4.90 Å². The largest absolute Gasteiger partial charge is 0.326 e. The van der Waals surface area contributed by atoms with Crippen molar-refractivity contribution in [2.75, 3.05) is 10.2 Å². The van der Waals surface area contributed by atoms with Gasteiger partial charge >= 0.3 is 0 Å². The molecule has 0 spiro atoms. The van der Waals surface area contributed by atoms with E-state index in [0.29, 0.717) is 18.5 Å². The lowest BCUT2D eigenvalue weighted by Gasteiger charge is -2.21. The first-order valence-electron chi connectivity index (χ1n) is 8.12. The standard InChI is InChI=1S/C18H16N2O3/c21-14-6-4-9-3-5-12(8-13(9)19-14)20-17(22)15-10-1-2-11(7-10)16(15)18(20)23/h1-3,5,8,10-11,15-16H,4,6-7H2,(H,19,21)/t10-,11-,15+,16+/m0/s1. The molecular formula is C18H16N2O3. The molecule has 0 radical (unpaired) electrons. The number of benzene rings is 1. The highest BCUT2D eigenvalue weighted by Crippen LogP contribution is 2.53. The van der Waals surface area contributed by atoms with Crippen molar-refractivity contribution in [3.63, 3.8) is 0 Å². The summed E-state index contributed by atoms with van der Waals surface area (Å²) in [5.41, 5.74) is 2.35. The van der Waals surface area contributed by atoms with Crippen molar-refractivity contribution < 1.29 is 14.4 Å². The lowest BCUT2D eigenvalue weighted by Crippen LogP contribution is -2.33. The Morgan fingerprint density at radius 3 is 2.35 bits per heavy atom. The average molecular weight is 308 g/mol. The highest BCUT2D eigenvalue weighted by Gasteiger charge is 2.59. The number of carbonyl (C=O) groups is 3. The van der Waals surface area contributed by atoms with Crippen LogP contribution in [0.2, 0.25) is 0 Å². The van der Waals surface area contributed by atoms with E-state index in [2.05, 4.69) is 17.5 Å². The fraction of sp³-hybridized carbons (Fsp3) is 0.389. The molecule has 1 aromatic rings. The molecule has 2 bridgehead atoms. The minimum atomic E-state index is -0.192. The van der Waals surface area contributed by atoms with Crippen LogP contribution < -0.4 is 10.2 Å². The molecule has 0 aromatic heterocycles. The van der Waals surface area contributed by atoms with Crippen molar-refractivity contribution in [2.24, 2.45) is 23.7 Å². The second kappa shape index (κ2) is 4.31. The van der Waals surface area contributed by atoms with E-state index in [9.17, 15) is 14.4 Å². The number of fused-ring (bicyclic) bond motifs is 6. The first-order valence-corrected chi connectivity index (χ1v) is 8.12. The third kappa shape index (κ3) is 1.65. The van der Waals surface area contributed by atoms with Crippen LogP contribution in [0.1, 0.15) is 18.4 Å². The number of anilines is 2. The monoisotopic (exact) mass is 308 g/mol. The number of hydrogen-bond donors (Lipinski definition) is 1. The zero-order valence-corrected chi connectivity index (χ0v) is 12.5. The van der Waals surface area contributed by atoms with E-state index in [-0.39, 0.29) is 41.4 Å². The SMILES string of the molecule is O=C1CCc2ccc(N3C(=O)[C@H]4[C@H](C3=O)[C@H]3C=C[C@H]4C3)cc2N1. The maximum atomic E-state index is 12.8. The van der Waals surface area contributed by atoms with Crippen LogP contribution in [0.4, 0.5) is 11.4 Å². The lowest BCUT2D eigenvalue weighted by molar-refractivity contribution is -0.123. The van der Waals surface area contributed by atoms with Gasteiger partial charge in [-0.1, -0.05) is 18.2 Å². The molecule has 4 atom stereocenters. The maximum Gasteiger partial charge on any atom is 0.238 e. The van der Waals surface area contributed by atoms with Crippen LogP contribution in [0.3, 0.4) is 0 Å². The second-order valence-electron chi connectivity index (χ2n) is 6.90. The van der Waals surface area contributed by atoms with Gasteiger partial charge in [-0.3, -0.25) is 14.4 Å². The Balaban J connectivity index is 1.53. The summed E-state index contributed by atoms with van der Waals surface area (Å²) in [7, 11) is 0. The Labute approximate surface area is 133 Å². The second-order valence-corrected chi connectivity index (χ2v) is 6.90. The quantitative estimate of drug-likeness (QED) is 0.636. The van der Waals surface area contributed by atoms with Crippen LogP contribution in [-0.2, 0) is 20.8 Å². The number of carbonyl (C=O) groups excluding carboxylic acids is 3. The smallest absolute Gasteiger partial charge is 0.238 e. The number of nitrogens with zero attached hydrogens (tertiary/aromatic N) is 1. The van der Waals surface area contributed by atoms with Crippen LogP contribution in [-0.4, -0.2) is 17.7 Å². The van der Waals surface area contributed by atoms with Crippen molar-refractivity contribution in [3.8, 4) is 0 Å². The van der Waals surface area contributed by atoms with Crippen LogP contribution >= 0.6 is 0 Å². The van der Waals surface area contributed by atoms with Crippen molar-refractivity contribution >= 4 is 29.1 Å². The van der Waals surface area contributed by atoms with Crippen LogP contribution in [0, 0.1) is 23.7 Å². The molecule has 5 heteroatoms. The van der Waals surface area contributed by atoms with Crippen LogP contribution in [0.5, 0.6) is 0 Å². The normalized spacial score (nSPS) is 33.9. The van der Waals surface area contributed by atoms with Gasteiger partial charge in [0.05, 0.1) is 17.5 Å². The highest BCUT2D eigenvalue weighted by atomic mass is 16.2. The molecule has 23 heavy (non-hydrogen) atoms. The molecule has 2 heterocycles. The number of hydrogen-bond acceptors (Lipinski definition) is 3. The van der Waals surface area contributed by atoms with Crippen LogP contribution in [0.25, 0.3) is 0 Å². The topological polar surface area (TPSA) is 66.5 Å². The summed E-state index contributed by atoms with van der Waals surface area (Å²) in [5.74, 6) is -0.149. The fourth-order valence-corrected chi connectivity index (χ4v) is 4.66. The molecule has 2 fully saturated rings. The zero-order valence-electron chi connectivity index (χ0n) is 12.5. The van der Waals surface area contributed by atoms with Gasteiger partial charge in [0.1, 0.15) is 0 Å². The van der Waals surface area contributed by atoms with E-state index in [1.54, 1.807) is 6.07 Å². The number of allylic oxidation sites excluding steroid dienone is 2. The Bertz CT molecular complexity index is 767.